The van der Waals surface area contributed by atoms with Crippen LogP contribution in [0.15, 0.2) is 12.4 Å². The van der Waals surface area contributed by atoms with E-state index in [1.54, 1.807) is 4.90 Å². The van der Waals surface area contributed by atoms with Gasteiger partial charge in [0.1, 0.15) is 5.69 Å². The zero-order valence-electron chi connectivity index (χ0n) is 10.6. The fraction of sp³-hybridized carbons (Fsp3) is 0.583. The van der Waals surface area contributed by atoms with Crippen molar-refractivity contribution in [1.82, 2.24) is 14.9 Å². The first kappa shape index (κ1) is 12.8. The van der Waals surface area contributed by atoms with E-state index < -0.39 is 0 Å². The fourth-order valence-electron chi connectivity index (χ4n) is 2.33. The van der Waals surface area contributed by atoms with Crippen LogP contribution in [-0.2, 0) is 0 Å². The van der Waals surface area contributed by atoms with Gasteiger partial charge in [-0.1, -0.05) is 19.3 Å². The van der Waals surface area contributed by atoms with Gasteiger partial charge in [0.2, 0.25) is 0 Å². The highest BCUT2D eigenvalue weighted by molar-refractivity contribution is 5.92. The Bertz CT molecular complexity index is 399. The van der Waals surface area contributed by atoms with Crippen LogP contribution in [0.1, 0.15) is 42.6 Å². The lowest BCUT2D eigenvalue weighted by Gasteiger charge is -2.30. The molecular formula is C12H19N5O. The molecule has 3 N–H and O–H groups in total. The van der Waals surface area contributed by atoms with E-state index in [2.05, 4.69) is 15.4 Å². The van der Waals surface area contributed by atoms with E-state index in [0.717, 1.165) is 12.8 Å². The normalized spacial score (nSPS) is 16.3. The molecule has 0 atom stereocenters. The second kappa shape index (κ2) is 5.77. The van der Waals surface area contributed by atoms with Crippen LogP contribution in [0.3, 0.4) is 0 Å². The van der Waals surface area contributed by atoms with Crippen LogP contribution in [0.5, 0.6) is 0 Å². The van der Waals surface area contributed by atoms with Crippen molar-refractivity contribution in [2.75, 3.05) is 12.5 Å². The van der Waals surface area contributed by atoms with E-state index in [1.807, 2.05) is 7.05 Å². The van der Waals surface area contributed by atoms with Crippen molar-refractivity contribution < 1.29 is 4.79 Å². The molecule has 1 aliphatic carbocycles. The van der Waals surface area contributed by atoms with Crippen LogP contribution >= 0.6 is 0 Å². The zero-order valence-corrected chi connectivity index (χ0v) is 10.6. The Morgan fingerprint density at radius 3 is 2.61 bits per heavy atom. The molecule has 0 bridgehead atoms. The Hall–Kier alpha value is -1.69. The van der Waals surface area contributed by atoms with Gasteiger partial charge in [-0.3, -0.25) is 4.79 Å². The van der Waals surface area contributed by atoms with Crippen LogP contribution in [0.4, 0.5) is 5.82 Å². The van der Waals surface area contributed by atoms with Gasteiger partial charge in [-0.05, 0) is 12.8 Å². The third kappa shape index (κ3) is 2.76. The van der Waals surface area contributed by atoms with Crippen molar-refractivity contribution in [3.05, 3.63) is 18.1 Å². The Morgan fingerprint density at radius 2 is 2.06 bits per heavy atom. The monoisotopic (exact) mass is 249 g/mol. The first-order valence-electron chi connectivity index (χ1n) is 6.28. The number of anilines is 1. The van der Waals surface area contributed by atoms with Crippen LogP contribution in [0, 0.1) is 0 Å². The third-order valence-electron chi connectivity index (χ3n) is 3.46. The van der Waals surface area contributed by atoms with Crippen molar-refractivity contribution in [2.24, 2.45) is 5.84 Å². The van der Waals surface area contributed by atoms with E-state index in [0.29, 0.717) is 17.6 Å². The predicted octanol–water partition coefficient (Wildman–Crippen LogP) is 1.17. The first-order valence-corrected chi connectivity index (χ1v) is 6.28. The van der Waals surface area contributed by atoms with Gasteiger partial charge in [0.15, 0.2) is 5.82 Å². The van der Waals surface area contributed by atoms with E-state index in [1.165, 1.54) is 31.7 Å². The van der Waals surface area contributed by atoms with Gasteiger partial charge in [0.25, 0.3) is 5.91 Å². The molecule has 1 aromatic rings. The number of hydrogen-bond donors (Lipinski definition) is 2. The summed E-state index contributed by atoms with van der Waals surface area (Å²) in [6.07, 6.45) is 8.75. The Morgan fingerprint density at radius 1 is 1.33 bits per heavy atom. The number of rotatable bonds is 3. The van der Waals surface area contributed by atoms with Crippen molar-refractivity contribution in [2.45, 2.75) is 38.1 Å². The summed E-state index contributed by atoms with van der Waals surface area (Å²) in [6.45, 7) is 0. The average Bonchev–Trinajstić information content (AvgIpc) is 2.47. The molecule has 0 radical (unpaired) electrons. The van der Waals surface area contributed by atoms with Crippen molar-refractivity contribution in [3.8, 4) is 0 Å². The lowest BCUT2D eigenvalue weighted by atomic mass is 9.94. The summed E-state index contributed by atoms with van der Waals surface area (Å²) in [4.78, 5) is 22.1. The quantitative estimate of drug-likeness (QED) is 0.620. The van der Waals surface area contributed by atoms with Gasteiger partial charge in [-0.2, -0.15) is 0 Å². The van der Waals surface area contributed by atoms with Crippen LogP contribution in [0.25, 0.3) is 0 Å². The van der Waals surface area contributed by atoms with Gasteiger partial charge in [-0.15, -0.1) is 0 Å². The molecule has 6 nitrogen and oxygen atoms in total. The smallest absolute Gasteiger partial charge is 0.274 e. The summed E-state index contributed by atoms with van der Waals surface area (Å²) in [6, 6.07) is 0.334. The van der Waals surface area contributed by atoms with E-state index in [9.17, 15) is 4.79 Å². The maximum absolute atomic E-state index is 12.2. The van der Waals surface area contributed by atoms with Gasteiger partial charge < -0.3 is 10.3 Å². The molecule has 6 heteroatoms. The number of nitrogens with one attached hydrogen (secondary N) is 1. The van der Waals surface area contributed by atoms with Crippen LogP contribution in [0.2, 0.25) is 0 Å². The van der Waals surface area contributed by atoms with E-state index in [4.69, 9.17) is 5.84 Å². The van der Waals surface area contributed by atoms with Crippen molar-refractivity contribution in [3.63, 3.8) is 0 Å². The molecule has 98 valence electrons. The van der Waals surface area contributed by atoms with Crippen LogP contribution < -0.4 is 11.3 Å². The molecule has 2 rings (SSSR count). The molecular weight excluding hydrogens is 230 g/mol. The lowest BCUT2D eigenvalue weighted by Crippen LogP contribution is -2.38. The Balaban J connectivity index is 2.04. The molecule has 0 saturated heterocycles. The molecule has 1 aliphatic rings. The number of carbonyl (C=O) groups excluding carboxylic acids is 1. The zero-order chi connectivity index (χ0) is 13.0. The number of carbonyl (C=O) groups is 1. The summed E-state index contributed by atoms with van der Waals surface area (Å²) in [7, 11) is 1.84. The Labute approximate surface area is 107 Å². The second-order valence-electron chi connectivity index (χ2n) is 4.64. The van der Waals surface area contributed by atoms with Gasteiger partial charge >= 0.3 is 0 Å². The molecule has 0 unspecified atom stereocenters. The van der Waals surface area contributed by atoms with Crippen molar-refractivity contribution >= 4 is 11.7 Å². The number of nitrogen functional groups attached to an aromatic ring is 1. The minimum atomic E-state index is -0.0713. The van der Waals surface area contributed by atoms with Crippen molar-refractivity contribution in [1.29, 1.82) is 0 Å². The molecule has 1 aromatic heterocycles. The molecule has 1 amide bonds. The molecule has 0 aromatic carbocycles. The number of nitrogens with two attached hydrogens (primary N) is 1. The summed E-state index contributed by atoms with van der Waals surface area (Å²) >= 11 is 0. The SMILES string of the molecule is CN(C(=O)c1cnc(NN)cn1)C1CCCCC1. The minimum Gasteiger partial charge on any atom is -0.337 e. The number of amides is 1. The highest BCUT2D eigenvalue weighted by Gasteiger charge is 2.23. The van der Waals surface area contributed by atoms with Gasteiger partial charge in [0, 0.05) is 13.1 Å². The number of aromatic nitrogens is 2. The molecule has 1 heterocycles. The predicted molar refractivity (Wildman–Crippen MR) is 68.8 cm³/mol. The summed E-state index contributed by atoms with van der Waals surface area (Å²) in [5, 5.41) is 0. The minimum absolute atomic E-state index is 0.0713. The molecule has 1 fully saturated rings. The highest BCUT2D eigenvalue weighted by atomic mass is 16.2. The Kier molecular flexibility index (Phi) is 4.09. The number of nitrogens with zero attached hydrogens (tertiary/aromatic N) is 3. The standard InChI is InChI=1S/C12H19N5O/c1-17(9-5-3-2-4-6-9)12(18)10-7-15-11(16-13)8-14-10/h7-9H,2-6,13H2,1H3,(H,15,16). The fourth-order valence-corrected chi connectivity index (χ4v) is 2.33. The van der Waals surface area contributed by atoms with E-state index >= 15 is 0 Å². The summed E-state index contributed by atoms with van der Waals surface area (Å²) in [5.41, 5.74) is 2.75. The highest BCUT2D eigenvalue weighted by Crippen LogP contribution is 2.22. The maximum atomic E-state index is 12.2. The molecule has 18 heavy (non-hydrogen) atoms. The largest absolute Gasteiger partial charge is 0.337 e. The summed E-state index contributed by atoms with van der Waals surface area (Å²) in [5.74, 6) is 5.58. The topological polar surface area (TPSA) is 84.1 Å². The van der Waals surface area contributed by atoms with Crippen LogP contribution in [-0.4, -0.2) is 33.9 Å². The second-order valence-corrected chi connectivity index (χ2v) is 4.64. The summed E-state index contributed by atoms with van der Waals surface area (Å²) < 4.78 is 0. The lowest BCUT2D eigenvalue weighted by molar-refractivity contribution is 0.0690. The number of hydrogen-bond acceptors (Lipinski definition) is 5. The van der Waals surface area contributed by atoms with E-state index in [-0.39, 0.29) is 5.91 Å². The maximum Gasteiger partial charge on any atom is 0.274 e. The third-order valence-corrected chi connectivity index (χ3v) is 3.46. The molecule has 0 spiro atoms. The first-order chi connectivity index (χ1) is 8.72. The molecule has 1 saturated carbocycles. The number of hydrazine groups is 1. The molecule has 0 aliphatic heterocycles. The van der Waals surface area contributed by atoms with Gasteiger partial charge in [-0.25, -0.2) is 15.8 Å². The average molecular weight is 249 g/mol. The van der Waals surface area contributed by atoms with Gasteiger partial charge in [0.05, 0.1) is 12.4 Å².